The van der Waals surface area contributed by atoms with Crippen LogP contribution in [0.15, 0.2) is 17.0 Å². The lowest BCUT2D eigenvalue weighted by atomic mass is 10.2. The van der Waals surface area contributed by atoms with Crippen LogP contribution in [-0.4, -0.2) is 38.2 Å². The second kappa shape index (κ2) is 5.28. The fraction of sp³-hybridized carbons (Fsp3) is 0.333. The highest BCUT2D eigenvalue weighted by Gasteiger charge is 2.38. The van der Waals surface area contributed by atoms with Crippen molar-refractivity contribution in [2.75, 3.05) is 12.8 Å². The number of carbonyl (C=O) groups excluding carboxylic acids is 2. The second-order valence-corrected chi connectivity index (χ2v) is 6.90. The summed E-state index contributed by atoms with van der Waals surface area (Å²) in [5.74, 6) is -1.01. The predicted molar refractivity (Wildman–Crippen MR) is 77.1 cm³/mol. The van der Waals surface area contributed by atoms with E-state index >= 15 is 0 Å². The molecule has 1 atom stereocenters. The van der Waals surface area contributed by atoms with E-state index in [-0.39, 0.29) is 22.0 Å². The van der Waals surface area contributed by atoms with Gasteiger partial charge in [-0.2, -0.15) is 4.72 Å². The molecule has 21 heavy (non-hydrogen) atoms. The van der Waals surface area contributed by atoms with Crippen molar-refractivity contribution in [1.29, 1.82) is 0 Å². The molecule has 114 valence electrons. The molecule has 1 aliphatic rings. The van der Waals surface area contributed by atoms with Crippen molar-refractivity contribution < 1.29 is 18.0 Å². The number of nitrogens with one attached hydrogen (secondary N) is 1. The van der Waals surface area contributed by atoms with Crippen LogP contribution in [-0.2, 0) is 19.6 Å². The summed E-state index contributed by atoms with van der Waals surface area (Å²) in [7, 11) is -2.66. The van der Waals surface area contributed by atoms with E-state index in [9.17, 15) is 18.0 Å². The monoisotopic (exact) mass is 331 g/mol. The van der Waals surface area contributed by atoms with Crippen molar-refractivity contribution in [2.24, 2.45) is 0 Å². The van der Waals surface area contributed by atoms with Crippen LogP contribution >= 0.6 is 11.6 Å². The Balaban J connectivity index is 2.32. The number of nitrogens with zero attached hydrogens (tertiary/aromatic N) is 1. The average Bonchev–Trinajstić information content (AvgIpc) is 2.62. The van der Waals surface area contributed by atoms with Gasteiger partial charge in [-0.1, -0.05) is 11.6 Å². The Bertz CT molecular complexity index is 709. The minimum atomic E-state index is -3.97. The molecule has 0 saturated carbocycles. The lowest BCUT2D eigenvalue weighted by molar-refractivity contribution is -0.137. The molecule has 3 N–H and O–H groups in total. The molecule has 0 spiro atoms. The van der Waals surface area contributed by atoms with Gasteiger partial charge in [0.1, 0.15) is 6.04 Å². The number of sulfonamides is 1. The van der Waals surface area contributed by atoms with Gasteiger partial charge < -0.3 is 5.73 Å². The minimum absolute atomic E-state index is 0.100. The number of hydrogen-bond acceptors (Lipinski definition) is 5. The zero-order valence-corrected chi connectivity index (χ0v) is 13.0. The molecule has 2 rings (SSSR count). The van der Waals surface area contributed by atoms with Crippen molar-refractivity contribution in [2.45, 2.75) is 24.3 Å². The molecule has 9 heteroatoms. The van der Waals surface area contributed by atoms with Crippen LogP contribution in [0.1, 0.15) is 12.0 Å². The third-order valence-electron chi connectivity index (χ3n) is 3.25. The number of nitrogen functional groups attached to an aromatic ring is 1. The molecule has 1 fully saturated rings. The lowest BCUT2D eigenvalue weighted by Gasteiger charge is -2.13. The van der Waals surface area contributed by atoms with Gasteiger partial charge in [0.2, 0.25) is 21.8 Å². The molecule has 7 nitrogen and oxygen atoms in total. The maximum atomic E-state index is 12.3. The molecule has 1 aromatic carbocycles. The second-order valence-electron chi connectivity index (χ2n) is 4.81. The van der Waals surface area contributed by atoms with Gasteiger partial charge in [-0.3, -0.25) is 14.5 Å². The molecule has 2 amide bonds. The van der Waals surface area contributed by atoms with Crippen LogP contribution in [0.2, 0.25) is 5.02 Å². The Labute approximate surface area is 127 Å². The van der Waals surface area contributed by atoms with Gasteiger partial charge in [0.15, 0.2) is 0 Å². The highest BCUT2D eigenvalue weighted by Crippen LogP contribution is 2.27. The van der Waals surface area contributed by atoms with Crippen molar-refractivity contribution in [3.05, 3.63) is 22.7 Å². The molecule has 1 unspecified atom stereocenters. The number of carbonyl (C=O) groups is 2. The first kappa shape index (κ1) is 15.7. The van der Waals surface area contributed by atoms with Crippen LogP contribution in [0.4, 0.5) is 5.69 Å². The third-order valence-corrected chi connectivity index (χ3v) is 5.21. The number of benzene rings is 1. The van der Waals surface area contributed by atoms with E-state index in [1.54, 1.807) is 6.92 Å². The standard InChI is InChI=1S/C12H14ClN3O4S/c1-6-3-7(4-8(14)11(6)13)21(19,20)15-9-5-10(17)16(2)12(9)18/h3-4,9,15H,5,14H2,1-2H3. The first-order valence-corrected chi connectivity index (χ1v) is 7.88. The number of aryl methyl sites for hydroxylation is 1. The summed E-state index contributed by atoms with van der Waals surface area (Å²) in [4.78, 5) is 23.9. The average molecular weight is 332 g/mol. The molecule has 0 radical (unpaired) electrons. The van der Waals surface area contributed by atoms with E-state index in [0.29, 0.717) is 5.56 Å². The predicted octanol–water partition coefficient (Wildman–Crippen LogP) is 0.266. The summed E-state index contributed by atoms with van der Waals surface area (Å²) in [5.41, 5.74) is 6.27. The van der Waals surface area contributed by atoms with Gasteiger partial charge in [-0.05, 0) is 24.6 Å². The number of halogens is 1. The molecule has 1 saturated heterocycles. The zero-order chi connectivity index (χ0) is 15.9. The molecular formula is C12H14ClN3O4S. The third kappa shape index (κ3) is 2.87. The molecule has 0 bridgehead atoms. The first-order chi connectivity index (χ1) is 9.63. The van der Waals surface area contributed by atoms with Gasteiger partial charge in [0, 0.05) is 7.05 Å². The highest BCUT2D eigenvalue weighted by molar-refractivity contribution is 7.89. The highest BCUT2D eigenvalue weighted by atomic mass is 35.5. The molecule has 0 aliphatic carbocycles. The van der Waals surface area contributed by atoms with Crippen molar-refractivity contribution in [3.63, 3.8) is 0 Å². The Kier molecular flexibility index (Phi) is 3.96. The fourth-order valence-electron chi connectivity index (χ4n) is 2.02. The SMILES string of the molecule is Cc1cc(S(=O)(=O)NC2CC(=O)N(C)C2=O)cc(N)c1Cl. The summed E-state index contributed by atoms with van der Waals surface area (Å²) >= 11 is 5.89. The van der Waals surface area contributed by atoms with Crippen LogP contribution in [0.25, 0.3) is 0 Å². The number of amides is 2. The van der Waals surface area contributed by atoms with E-state index < -0.39 is 27.9 Å². The Morgan fingerprint density at radius 1 is 1.38 bits per heavy atom. The quantitative estimate of drug-likeness (QED) is 0.610. The minimum Gasteiger partial charge on any atom is -0.397 e. The normalized spacial score (nSPS) is 19.4. The maximum absolute atomic E-state index is 12.3. The number of anilines is 1. The van der Waals surface area contributed by atoms with Gasteiger partial charge in [0.05, 0.1) is 22.0 Å². The maximum Gasteiger partial charge on any atom is 0.247 e. The number of nitrogens with two attached hydrogens (primary N) is 1. The number of likely N-dealkylation sites (N-methyl/N-ethyl adjacent to an activating group) is 1. The van der Waals surface area contributed by atoms with Crippen molar-refractivity contribution in [1.82, 2.24) is 9.62 Å². The van der Waals surface area contributed by atoms with E-state index in [2.05, 4.69) is 4.72 Å². The van der Waals surface area contributed by atoms with Crippen molar-refractivity contribution >= 4 is 39.1 Å². The van der Waals surface area contributed by atoms with Crippen LogP contribution in [0.5, 0.6) is 0 Å². The van der Waals surface area contributed by atoms with Crippen LogP contribution in [0.3, 0.4) is 0 Å². The van der Waals surface area contributed by atoms with Gasteiger partial charge >= 0.3 is 0 Å². The smallest absolute Gasteiger partial charge is 0.247 e. The van der Waals surface area contributed by atoms with Gasteiger partial charge in [-0.25, -0.2) is 8.42 Å². The van der Waals surface area contributed by atoms with Crippen molar-refractivity contribution in [3.8, 4) is 0 Å². The topological polar surface area (TPSA) is 110 Å². The Hall–Kier alpha value is -1.64. The molecule has 1 aromatic rings. The Morgan fingerprint density at radius 2 is 2.00 bits per heavy atom. The summed E-state index contributed by atoms with van der Waals surface area (Å²) in [5, 5.41) is 0.279. The molecule has 1 aliphatic heterocycles. The molecule has 1 heterocycles. The van der Waals surface area contributed by atoms with E-state index in [1.807, 2.05) is 0 Å². The van der Waals surface area contributed by atoms with Crippen LogP contribution < -0.4 is 10.5 Å². The number of likely N-dealkylation sites (tertiary alicyclic amines) is 1. The summed E-state index contributed by atoms with van der Waals surface area (Å²) in [6.45, 7) is 1.62. The largest absolute Gasteiger partial charge is 0.397 e. The molecule has 0 aromatic heterocycles. The van der Waals surface area contributed by atoms with E-state index in [4.69, 9.17) is 17.3 Å². The summed E-state index contributed by atoms with van der Waals surface area (Å²) in [6.07, 6.45) is -0.198. The zero-order valence-electron chi connectivity index (χ0n) is 11.4. The summed E-state index contributed by atoms with van der Waals surface area (Å²) in [6, 6.07) is 1.47. The molecular weight excluding hydrogens is 318 g/mol. The van der Waals surface area contributed by atoms with E-state index in [1.165, 1.54) is 19.2 Å². The van der Waals surface area contributed by atoms with Crippen LogP contribution in [0, 0.1) is 6.92 Å². The van der Waals surface area contributed by atoms with Gasteiger partial charge in [-0.15, -0.1) is 0 Å². The lowest BCUT2D eigenvalue weighted by Crippen LogP contribution is -2.40. The summed E-state index contributed by atoms with van der Waals surface area (Å²) < 4.78 is 26.8. The Morgan fingerprint density at radius 3 is 2.48 bits per heavy atom. The first-order valence-electron chi connectivity index (χ1n) is 6.02. The fourth-order valence-corrected chi connectivity index (χ4v) is 3.44. The van der Waals surface area contributed by atoms with Gasteiger partial charge in [0.25, 0.3) is 0 Å². The number of rotatable bonds is 3. The number of hydrogen-bond donors (Lipinski definition) is 2. The number of imide groups is 1. The van der Waals surface area contributed by atoms with E-state index in [0.717, 1.165) is 4.90 Å².